The summed E-state index contributed by atoms with van der Waals surface area (Å²) in [6, 6.07) is 9.65. The van der Waals surface area contributed by atoms with Gasteiger partial charge in [-0.2, -0.15) is 13.2 Å². The van der Waals surface area contributed by atoms with Crippen LogP contribution in [0.4, 0.5) is 18.9 Å². The quantitative estimate of drug-likeness (QED) is 0.513. The molecule has 1 amide bonds. The third kappa shape index (κ3) is 4.18. The van der Waals surface area contributed by atoms with E-state index in [1.807, 2.05) is 0 Å². The highest BCUT2D eigenvalue weighted by Crippen LogP contribution is 2.35. The fourth-order valence-corrected chi connectivity index (χ4v) is 2.95. The van der Waals surface area contributed by atoms with Gasteiger partial charge in [-0.3, -0.25) is 4.79 Å². The smallest absolute Gasteiger partial charge is 0.423 e. The van der Waals surface area contributed by atoms with Gasteiger partial charge in [-0.05, 0) is 36.7 Å². The van der Waals surface area contributed by atoms with Gasteiger partial charge < -0.3 is 19.4 Å². The van der Waals surface area contributed by atoms with Gasteiger partial charge in [-0.15, -0.1) is 0 Å². The zero-order valence-corrected chi connectivity index (χ0v) is 15.1. The number of halogens is 3. The summed E-state index contributed by atoms with van der Waals surface area (Å²) < 4.78 is 44.5. The number of nitrogens with zero attached hydrogens (tertiary/aromatic N) is 1. The molecule has 0 radical (unpaired) electrons. The Morgan fingerprint density at radius 1 is 1.10 bits per heavy atom. The third-order valence-corrected chi connectivity index (χ3v) is 4.36. The molecule has 3 rings (SSSR count). The van der Waals surface area contributed by atoms with Gasteiger partial charge in [0, 0.05) is 35.3 Å². The van der Waals surface area contributed by atoms with Crippen LogP contribution in [0.3, 0.4) is 0 Å². The molecule has 0 fully saturated rings. The number of hydrogen-bond donors (Lipinski definition) is 2. The lowest BCUT2D eigenvalue weighted by molar-refractivity contribution is -0.136. The molecule has 1 aromatic heterocycles. The van der Waals surface area contributed by atoms with E-state index in [0.29, 0.717) is 6.07 Å². The Morgan fingerprint density at radius 3 is 2.31 bits per heavy atom. The molecule has 0 aliphatic rings. The molecule has 0 saturated heterocycles. The van der Waals surface area contributed by atoms with Crippen LogP contribution in [-0.4, -0.2) is 29.6 Å². The highest BCUT2D eigenvalue weighted by atomic mass is 19.4. The van der Waals surface area contributed by atoms with Gasteiger partial charge >= 0.3 is 18.9 Å². The highest BCUT2D eigenvalue weighted by Gasteiger charge is 2.34. The van der Waals surface area contributed by atoms with E-state index >= 15 is 0 Å². The molecule has 10 heteroatoms. The van der Waals surface area contributed by atoms with Crippen LogP contribution < -0.4 is 16.0 Å². The highest BCUT2D eigenvalue weighted by molar-refractivity contribution is 6.58. The van der Waals surface area contributed by atoms with Gasteiger partial charge in [-0.1, -0.05) is 12.1 Å². The van der Waals surface area contributed by atoms with Crippen molar-refractivity contribution in [3.05, 3.63) is 70.1 Å². The molecule has 0 saturated carbocycles. The molecule has 3 aromatic rings. The first-order chi connectivity index (χ1) is 13.6. The maximum atomic E-state index is 13.2. The largest absolute Gasteiger partial charge is 0.488 e. The van der Waals surface area contributed by atoms with Crippen molar-refractivity contribution < 1.29 is 32.4 Å². The van der Waals surface area contributed by atoms with Crippen LogP contribution in [0.1, 0.15) is 22.8 Å². The molecule has 1 heterocycles. The Hall–Kier alpha value is -3.11. The average Bonchev–Trinajstić information content (AvgIpc) is 2.67. The predicted molar refractivity (Wildman–Crippen MR) is 101 cm³/mol. The van der Waals surface area contributed by atoms with Gasteiger partial charge in [0.25, 0.3) is 5.91 Å². The number of alkyl halides is 3. The Morgan fingerprint density at radius 2 is 1.76 bits per heavy atom. The number of hydrogen-bond acceptors (Lipinski definition) is 5. The van der Waals surface area contributed by atoms with Gasteiger partial charge in [0.15, 0.2) is 0 Å². The van der Waals surface area contributed by atoms with Crippen LogP contribution in [-0.2, 0) is 6.18 Å². The topological polar surface area (TPSA) is 91.0 Å². The van der Waals surface area contributed by atoms with Crippen LogP contribution in [0.25, 0.3) is 11.0 Å². The molecule has 0 aliphatic carbocycles. The average molecular weight is 405 g/mol. The Bertz CT molecular complexity index is 1110. The monoisotopic (exact) mass is 405 g/mol. The van der Waals surface area contributed by atoms with E-state index in [-0.39, 0.29) is 34.2 Å². The summed E-state index contributed by atoms with van der Waals surface area (Å²) in [7, 11) is -1.67. The van der Waals surface area contributed by atoms with E-state index in [9.17, 15) is 22.8 Å². The summed E-state index contributed by atoms with van der Waals surface area (Å²) >= 11 is 0. The second-order valence-electron chi connectivity index (χ2n) is 6.20. The second-order valence-corrected chi connectivity index (χ2v) is 6.20. The fraction of sp³-hybridized carbons (Fsp3) is 0.158. The van der Waals surface area contributed by atoms with E-state index in [1.165, 1.54) is 41.3 Å². The maximum Gasteiger partial charge on any atom is 0.488 e. The Labute approximate surface area is 162 Å². The number of carbonyl (C=O) groups excluding carboxylic acids is 1. The van der Waals surface area contributed by atoms with E-state index in [1.54, 1.807) is 6.92 Å². The van der Waals surface area contributed by atoms with Gasteiger partial charge in [-0.25, -0.2) is 4.79 Å². The number of fused-ring (bicyclic) bond motifs is 1. The van der Waals surface area contributed by atoms with E-state index < -0.39 is 30.4 Å². The Kier molecular flexibility index (Phi) is 5.49. The molecular formula is C19H15BF3NO5. The predicted octanol–water partition coefficient (Wildman–Crippen LogP) is 2.16. The molecule has 0 bridgehead atoms. The van der Waals surface area contributed by atoms with Crippen molar-refractivity contribution in [2.45, 2.75) is 13.1 Å². The SMILES string of the molecule is CCN(C(=O)c1ccc(B(O)O)cc1)c1ccc2c(C(F)(F)F)cc(=O)oc2c1. The lowest BCUT2D eigenvalue weighted by Gasteiger charge is -2.22. The van der Waals surface area contributed by atoms with Crippen molar-refractivity contribution in [3.63, 3.8) is 0 Å². The lowest BCUT2D eigenvalue weighted by atomic mass is 9.80. The van der Waals surface area contributed by atoms with Crippen LogP contribution >= 0.6 is 0 Å². The van der Waals surface area contributed by atoms with E-state index in [4.69, 9.17) is 14.5 Å². The molecule has 0 atom stereocenters. The van der Waals surface area contributed by atoms with Crippen molar-refractivity contribution in [2.24, 2.45) is 0 Å². The molecule has 0 unspecified atom stereocenters. The van der Waals surface area contributed by atoms with Crippen molar-refractivity contribution >= 4 is 35.1 Å². The maximum absolute atomic E-state index is 13.2. The van der Waals surface area contributed by atoms with Gasteiger partial charge in [0.05, 0.1) is 5.56 Å². The summed E-state index contributed by atoms with van der Waals surface area (Å²) in [6.45, 7) is 1.87. The minimum absolute atomic E-state index is 0.192. The fourth-order valence-electron chi connectivity index (χ4n) is 2.95. The van der Waals surface area contributed by atoms with Gasteiger partial charge in [0.2, 0.25) is 0 Å². The molecule has 0 aliphatic heterocycles. The molecule has 0 spiro atoms. The lowest BCUT2D eigenvalue weighted by Crippen LogP contribution is -2.32. The molecule has 29 heavy (non-hydrogen) atoms. The van der Waals surface area contributed by atoms with Crippen molar-refractivity contribution in [1.82, 2.24) is 0 Å². The van der Waals surface area contributed by atoms with Crippen LogP contribution in [0.2, 0.25) is 0 Å². The molecule has 150 valence electrons. The molecular weight excluding hydrogens is 390 g/mol. The molecule has 2 aromatic carbocycles. The first-order valence-electron chi connectivity index (χ1n) is 8.55. The number of rotatable bonds is 4. The number of benzene rings is 2. The summed E-state index contributed by atoms with van der Waals surface area (Å²) in [5.41, 5.74) is -1.85. The van der Waals surface area contributed by atoms with Crippen molar-refractivity contribution in [1.29, 1.82) is 0 Å². The summed E-state index contributed by atoms with van der Waals surface area (Å²) in [6.07, 6.45) is -4.73. The summed E-state index contributed by atoms with van der Waals surface area (Å²) in [5, 5.41) is 18.0. The van der Waals surface area contributed by atoms with Crippen LogP contribution in [0, 0.1) is 0 Å². The van der Waals surface area contributed by atoms with Crippen LogP contribution in [0.5, 0.6) is 0 Å². The van der Waals surface area contributed by atoms with E-state index in [0.717, 1.165) is 6.07 Å². The summed E-state index contributed by atoms with van der Waals surface area (Å²) in [5.74, 6) is -0.458. The summed E-state index contributed by atoms with van der Waals surface area (Å²) in [4.78, 5) is 25.7. The normalized spacial score (nSPS) is 11.5. The van der Waals surface area contributed by atoms with Crippen molar-refractivity contribution in [2.75, 3.05) is 11.4 Å². The minimum Gasteiger partial charge on any atom is -0.423 e. The molecule has 6 nitrogen and oxygen atoms in total. The number of amides is 1. The zero-order chi connectivity index (χ0) is 21.3. The number of anilines is 1. The Balaban J connectivity index is 2.03. The first kappa shape index (κ1) is 20.6. The van der Waals surface area contributed by atoms with Gasteiger partial charge in [0.1, 0.15) is 5.58 Å². The third-order valence-electron chi connectivity index (χ3n) is 4.36. The van der Waals surface area contributed by atoms with Crippen molar-refractivity contribution in [3.8, 4) is 0 Å². The standard InChI is InChI=1S/C19H15BF3NO5/c1-2-24(18(26)11-3-5-12(6-4-11)20(27)28)13-7-8-14-15(19(21,22)23)10-17(25)29-16(14)9-13/h3-10,27-28H,2H2,1H3. The zero-order valence-electron chi connectivity index (χ0n) is 15.1. The minimum atomic E-state index is -4.73. The number of carbonyl (C=O) groups is 1. The molecule has 2 N–H and O–H groups in total. The second kappa shape index (κ2) is 7.73. The van der Waals surface area contributed by atoms with Crippen LogP contribution in [0.15, 0.2) is 57.7 Å². The first-order valence-corrected chi connectivity index (χ1v) is 8.55. The van der Waals surface area contributed by atoms with E-state index in [2.05, 4.69) is 0 Å².